The molecule has 0 fully saturated rings. The second kappa shape index (κ2) is 5.98. The molecule has 2 heterocycles. The highest BCUT2D eigenvalue weighted by Gasteiger charge is 2.22. The molecule has 4 rings (SSSR count). The van der Waals surface area contributed by atoms with E-state index in [4.69, 9.17) is 4.74 Å². The number of carbonyl (C=O) groups excluding carboxylic acids is 1. The van der Waals surface area contributed by atoms with Gasteiger partial charge in [-0.15, -0.1) is 0 Å². The molecular weight excluding hydrogens is 333 g/mol. The van der Waals surface area contributed by atoms with Crippen LogP contribution in [0.5, 0.6) is 5.75 Å². The van der Waals surface area contributed by atoms with Crippen molar-refractivity contribution in [3.8, 4) is 28.1 Å². The zero-order valence-corrected chi connectivity index (χ0v) is 14.8. The zero-order chi connectivity index (χ0) is 18.4. The van der Waals surface area contributed by atoms with Gasteiger partial charge in [0.1, 0.15) is 11.6 Å². The van der Waals surface area contributed by atoms with Gasteiger partial charge in [-0.2, -0.15) is 5.10 Å². The molecule has 0 saturated carbocycles. The molecule has 1 N–H and O–H groups in total. The number of fused-ring (bicyclic) bond motifs is 1. The van der Waals surface area contributed by atoms with Crippen molar-refractivity contribution in [3.05, 3.63) is 53.5 Å². The lowest BCUT2D eigenvalue weighted by atomic mass is 9.96. The highest BCUT2D eigenvalue weighted by Crippen LogP contribution is 2.40. The van der Waals surface area contributed by atoms with Crippen LogP contribution in [0.2, 0.25) is 0 Å². The Kier molecular flexibility index (Phi) is 3.76. The lowest BCUT2D eigenvalue weighted by Gasteiger charge is -2.21. The van der Waals surface area contributed by atoms with Gasteiger partial charge in [-0.1, -0.05) is 0 Å². The molecule has 0 bridgehead atoms. The molecule has 6 heteroatoms. The third kappa shape index (κ3) is 2.63. The van der Waals surface area contributed by atoms with E-state index in [1.165, 1.54) is 12.1 Å². The van der Waals surface area contributed by atoms with Crippen LogP contribution >= 0.6 is 0 Å². The van der Waals surface area contributed by atoms with Crippen LogP contribution in [0.4, 0.5) is 10.1 Å². The highest BCUT2D eigenvalue weighted by molar-refractivity contribution is 5.97. The molecule has 26 heavy (non-hydrogen) atoms. The summed E-state index contributed by atoms with van der Waals surface area (Å²) in [5.41, 5.74) is 6.09. The largest absolute Gasteiger partial charge is 0.481 e. The Morgan fingerprint density at radius 3 is 2.62 bits per heavy atom. The quantitative estimate of drug-likeness (QED) is 0.763. The summed E-state index contributed by atoms with van der Waals surface area (Å²) in [5.74, 6) is 0.243. The van der Waals surface area contributed by atoms with E-state index in [1.54, 1.807) is 16.8 Å². The Morgan fingerprint density at radius 1 is 1.15 bits per heavy atom. The molecule has 0 spiro atoms. The first-order chi connectivity index (χ1) is 12.4. The van der Waals surface area contributed by atoms with Gasteiger partial charge >= 0.3 is 0 Å². The van der Waals surface area contributed by atoms with Crippen molar-refractivity contribution in [2.24, 2.45) is 7.05 Å². The maximum Gasteiger partial charge on any atom is 0.262 e. The van der Waals surface area contributed by atoms with Crippen molar-refractivity contribution >= 4 is 11.6 Å². The predicted molar refractivity (Wildman–Crippen MR) is 97.6 cm³/mol. The third-order valence-electron chi connectivity index (χ3n) is 4.52. The van der Waals surface area contributed by atoms with Crippen molar-refractivity contribution < 1.29 is 13.9 Å². The number of carbonyl (C=O) groups is 1. The van der Waals surface area contributed by atoms with Crippen LogP contribution in [0.1, 0.15) is 11.3 Å². The summed E-state index contributed by atoms with van der Waals surface area (Å²) in [5, 5.41) is 7.41. The van der Waals surface area contributed by atoms with E-state index in [1.807, 2.05) is 33.0 Å². The fraction of sp³-hybridized carbons (Fsp3) is 0.200. The number of hydrogen-bond acceptors (Lipinski definition) is 3. The molecule has 0 radical (unpaired) electrons. The van der Waals surface area contributed by atoms with Gasteiger partial charge in [-0.3, -0.25) is 9.48 Å². The summed E-state index contributed by atoms with van der Waals surface area (Å²) in [6, 6.07) is 10.3. The Hall–Kier alpha value is -3.15. The van der Waals surface area contributed by atoms with Crippen molar-refractivity contribution in [3.63, 3.8) is 0 Å². The van der Waals surface area contributed by atoms with Crippen molar-refractivity contribution in [2.75, 3.05) is 11.9 Å². The number of aromatic nitrogens is 2. The smallest absolute Gasteiger partial charge is 0.262 e. The van der Waals surface area contributed by atoms with Crippen LogP contribution in [0, 0.1) is 19.7 Å². The first kappa shape index (κ1) is 16.3. The zero-order valence-electron chi connectivity index (χ0n) is 14.8. The van der Waals surface area contributed by atoms with E-state index in [9.17, 15) is 9.18 Å². The van der Waals surface area contributed by atoms with Crippen LogP contribution in [0.3, 0.4) is 0 Å². The SMILES string of the molecule is Cc1cc(-c2c(C)nn(C)c2-c2ccc(F)cc2)cc2c1OCC(=O)N2. The van der Waals surface area contributed by atoms with E-state index in [0.717, 1.165) is 33.6 Å². The number of nitrogens with zero attached hydrogens (tertiary/aromatic N) is 2. The molecule has 0 unspecified atom stereocenters. The number of ether oxygens (including phenoxy) is 1. The number of halogens is 1. The fourth-order valence-corrected chi connectivity index (χ4v) is 3.47. The van der Waals surface area contributed by atoms with E-state index >= 15 is 0 Å². The molecule has 132 valence electrons. The maximum absolute atomic E-state index is 13.3. The third-order valence-corrected chi connectivity index (χ3v) is 4.52. The summed E-state index contributed by atoms with van der Waals surface area (Å²) in [4.78, 5) is 11.7. The summed E-state index contributed by atoms with van der Waals surface area (Å²) >= 11 is 0. The molecule has 0 saturated heterocycles. The van der Waals surface area contributed by atoms with E-state index in [0.29, 0.717) is 11.4 Å². The first-order valence-corrected chi connectivity index (χ1v) is 8.31. The van der Waals surface area contributed by atoms with Crippen molar-refractivity contribution in [1.82, 2.24) is 9.78 Å². The molecule has 1 aromatic heterocycles. The molecular formula is C20H18FN3O2. The Labute approximate surface area is 150 Å². The first-order valence-electron chi connectivity index (χ1n) is 8.31. The fourth-order valence-electron chi connectivity index (χ4n) is 3.47. The van der Waals surface area contributed by atoms with Gasteiger partial charge in [0.2, 0.25) is 0 Å². The summed E-state index contributed by atoms with van der Waals surface area (Å²) in [6.45, 7) is 3.91. The lowest BCUT2D eigenvalue weighted by Crippen LogP contribution is -2.25. The van der Waals surface area contributed by atoms with Gasteiger partial charge in [-0.25, -0.2) is 4.39 Å². The van der Waals surface area contributed by atoms with Crippen LogP contribution < -0.4 is 10.1 Å². The number of amides is 1. The maximum atomic E-state index is 13.3. The van der Waals surface area contributed by atoms with Gasteiger partial charge < -0.3 is 10.1 Å². The van der Waals surface area contributed by atoms with Gasteiger partial charge in [0.25, 0.3) is 5.91 Å². The second-order valence-corrected chi connectivity index (χ2v) is 6.45. The normalized spacial score (nSPS) is 13.2. The van der Waals surface area contributed by atoms with Gasteiger partial charge in [0.15, 0.2) is 6.61 Å². The Morgan fingerprint density at radius 2 is 1.88 bits per heavy atom. The minimum absolute atomic E-state index is 0.0277. The van der Waals surface area contributed by atoms with Crippen LogP contribution in [0.15, 0.2) is 36.4 Å². The number of anilines is 1. The Bertz CT molecular complexity index is 1020. The number of benzene rings is 2. The number of aryl methyl sites for hydroxylation is 3. The van der Waals surface area contributed by atoms with Crippen molar-refractivity contribution in [2.45, 2.75) is 13.8 Å². The molecule has 1 amide bonds. The average Bonchev–Trinajstić information content (AvgIpc) is 2.89. The second-order valence-electron chi connectivity index (χ2n) is 6.45. The Balaban J connectivity index is 1.92. The monoisotopic (exact) mass is 351 g/mol. The summed E-state index contributed by atoms with van der Waals surface area (Å²) in [7, 11) is 1.87. The molecule has 5 nitrogen and oxygen atoms in total. The van der Waals surface area contributed by atoms with E-state index in [-0.39, 0.29) is 18.3 Å². The predicted octanol–water partition coefficient (Wildman–Crippen LogP) is 3.84. The highest BCUT2D eigenvalue weighted by atomic mass is 19.1. The van der Waals surface area contributed by atoms with Crippen LogP contribution in [-0.4, -0.2) is 22.3 Å². The summed E-state index contributed by atoms with van der Waals surface area (Å²) in [6.07, 6.45) is 0. The van der Waals surface area contributed by atoms with Gasteiger partial charge in [0, 0.05) is 18.2 Å². The minimum Gasteiger partial charge on any atom is -0.481 e. The molecule has 2 aromatic carbocycles. The lowest BCUT2D eigenvalue weighted by molar-refractivity contribution is -0.118. The molecule has 3 aromatic rings. The summed E-state index contributed by atoms with van der Waals surface area (Å²) < 4.78 is 20.7. The molecule has 0 atom stereocenters. The van der Waals surface area contributed by atoms with Crippen LogP contribution in [-0.2, 0) is 11.8 Å². The van der Waals surface area contributed by atoms with E-state index < -0.39 is 0 Å². The van der Waals surface area contributed by atoms with Crippen molar-refractivity contribution in [1.29, 1.82) is 0 Å². The topological polar surface area (TPSA) is 56.2 Å². The molecule has 1 aliphatic rings. The molecule has 1 aliphatic heterocycles. The minimum atomic E-state index is -0.279. The standard InChI is InChI=1S/C20H18FN3O2/c1-11-8-14(9-16-20(11)26-10-17(25)22-16)18-12(2)23-24(3)19(18)13-4-6-15(21)7-5-13/h4-9H,10H2,1-3H3,(H,22,25). The van der Waals surface area contributed by atoms with E-state index in [2.05, 4.69) is 10.4 Å². The van der Waals surface area contributed by atoms with Gasteiger partial charge in [0.05, 0.1) is 17.1 Å². The van der Waals surface area contributed by atoms with Gasteiger partial charge in [-0.05, 0) is 61.4 Å². The van der Waals surface area contributed by atoms with Crippen LogP contribution in [0.25, 0.3) is 22.4 Å². The average molecular weight is 351 g/mol. The number of nitrogens with one attached hydrogen (secondary N) is 1. The molecule has 0 aliphatic carbocycles. The number of rotatable bonds is 2. The number of hydrogen-bond donors (Lipinski definition) is 1.